The van der Waals surface area contributed by atoms with Crippen LogP contribution in [0.15, 0.2) is 27.8 Å². The number of halogens is 3. The number of carbonyl (C=O) groups is 2. The van der Waals surface area contributed by atoms with Crippen molar-refractivity contribution >= 4 is 29.5 Å². The molecule has 1 aliphatic rings. The summed E-state index contributed by atoms with van der Waals surface area (Å²) in [6.45, 7) is 5.26. The van der Waals surface area contributed by atoms with E-state index in [-0.39, 0.29) is 53.4 Å². The fourth-order valence-electron chi connectivity index (χ4n) is 3.74. The van der Waals surface area contributed by atoms with E-state index in [9.17, 15) is 22.8 Å². The van der Waals surface area contributed by atoms with Gasteiger partial charge in [-0.05, 0) is 38.3 Å². The third-order valence-corrected chi connectivity index (χ3v) is 6.35. The number of likely N-dealkylation sites (tertiary alicyclic amines) is 1. The molecule has 35 heavy (non-hydrogen) atoms. The Balaban J connectivity index is 1.67. The highest BCUT2D eigenvalue weighted by Crippen LogP contribution is 2.32. The molecule has 192 valence electrons. The quantitative estimate of drug-likeness (QED) is 0.272. The molecule has 1 aliphatic heterocycles. The number of esters is 1. The maximum absolute atomic E-state index is 13.3. The average molecular weight is 515 g/mol. The van der Waals surface area contributed by atoms with Crippen molar-refractivity contribution in [1.29, 1.82) is 0 Å². The summed E-state index contributed by atoms with van der Waals surface area (Å²) in [4.78, 5) is 36.0. The molecule has 0 unspecified atom stereocenters. The Morgan fingerprint density at radius 3 is 2.74 bits per heavy atom. The van der Waals surface area contributed by atoms with Gasteiger partial charge in [0.2, 0.25) is 0 Å². The first kappa shape index (κ1) is 26.8. The van der Waals surface area contributed by atoms with Crippen molar-refractivity contribution < 1.29 is 31.9 Å². The second-order valence-electron chi connectivity index (χ2n) is 8.21. The number of nitrogens with zero attached hydrogens (tertiary/aromatic N) is 4. The molecule has 1 atom stereocenters. The summed E-state index contributed by atoms with van der Waals surface area (Å²) < 4.78 is 50.8. The minimum atomic E-state index is -4.60. The summed E-state index contributed by atoms with van der Waals surface area (Å²) in [5.74, 6) is -0.165. The smallest absolute Gasteiger partial charge is 0.433 e. The average Bonchev–Trinajstić information content (AvgIpc) is 3.31. The van der Waals surface area contributed by atoms with Crippen molar-refractivity contribution in [1.82, 2.24) is 14.9 Å². The molecule has 3 heterocycles. The van der Waals surface area contributed by atoms with Gasteiger partial charge in [-0.25, -0.2) is 9.97 Å². The Kier molecular flexibility index (Phi) is 9.03. The Bertz CT molecular complexity index is 1030. The molecule has 8 nitrogen and oxygen atoms in total. The molecule has 2 aromatic heterocycles. The number of amides is 1. The minimum absolute atomic E-state index is 0.0321. The van der Waals surface area contributed by atoms with E-state index in [1.807, 2.05) is 6.92 Å². The Hall–Kier alpha value is -2.76. The summed E-state index contributed by atoms with van der Waals surface area (Å²) in [6.07, 6.45) is -2.50. The fraction of sp³-hybridized carbons (Fsp3) is 0.565. The topological polar surface area (TPSA) is 88.8 Å². The number of hydrogen-bond acceptors (Lipinski definition) is 8. The lowest BCUT2D eigenvalue weighted by molar-refractivity contribution is -0.149. The Labute approximate surface area is 206 Å². The van der Waals surface area contributed by atoms with Crippen LogP contribution >= 0.6 is 11.8 Å². The first-order chi connectivity index (χ1) is 16.6. The van der Waals surface area contributed by atoms with Crippen LogP contribution in [0.3, 0.4) is 0 Å². The number of ether oxygens (including phenoxy) is 1. The summed E-state index contributed by atoms with van der Waals surface area (Å²) >= 11 is 0.995. The predicted molar refractivity (Wildman–Crippen MR) is 124 cm³/mol. The van der Waals surface area contributed by atoms with Crippen LogP contribution in [0.2, 0.25) is 0 Å². The predicted octanol–water partition coefficient (Wildman–Crippen LogP) is 4.64. The normalized spacial score (nSPS) is 16.3. The number of hydrogen-bond donors (Lipinski definition) is 0. The van der Waals surface area contributed by atoms with Gasteiger partial charge in [-0.1, -0.05) is 18.7 Å². The van der Waals surface area contributed by atoms with Crippen molar-refractivity contribution in [3.05, 3.63) is 35.4 Å². The number of thioether (sulfide) groups is 1. The van der Waals surface area contributed by atoms with E-state index >= 15 is 0 Å². The van der Waals surface area contributed by atoms with Crippen LogP contribution in [0.1, 0.15) is 55.1 Å². The van der Waals surface area contributed by atoms with Crippen LogP contribution in [0.5, 0.6) is 0 Å². The van der Waals surface area contributed by atoms with Crippen molar-refractivity contribution in [2.24, 2.45) is 5.92 Å². The van der Waals surface area contributed by atoms with E-state index in [4.69, 9.17) is 9.15 Å². The van der Waals surface area contributed by atoms with Crippen LogP contribution in [0, 0.1) is 5.92 Å². The van der Waals surface area contributed by atoms with Crippen LogP contribution in [0.4, 0.5) is 19.0 Å². The summed E-state index contributed by atoms with van der Waals surface area (Å²) in [7, 11) is 1.68. The molecule has 0 aromatic carbocycles. The molecule has 0 saturated carbocycles. The highest BCUT2D eigenvalue weighted by Gasteiger charge is 2.34. The number of furan rings is 1. The van der Waals surface area contributed by atoms with Gasteiger partial charge < -0.3 is 19.0 Å². The molecule has 2 aromatic rings. The monoisotopic (exact) mass is 514 g/mol. The van der Waals surface area contributed by atoms with Gasteiger partial charge in [0, 0.05) is 32.7 Å². The number of alkyl halides is 3. The summed E-state index contributed by atoms with van der Waals surface area (Å²) in [5, 5.41) is -0.0321. The van der Waals surface area contributed by atoms with E-state index in [1.54, 1.807) is 29.8 Å². The second kappa shape index (κ2) is 11.8. The highest BCUT2D eigenvalue weighted by atomic mass is 32.2. The van der Waals surface area contributed by atoms with Crippen LogP contribution in [-0.4, -0.2) is 60.0 Å². The largest absolute Gasteiger partial charge is 0.466 e. The first-order valence-corrected chi connectivity index (χ1v) is 12.5. The number of piperidine rings is 1. The van der Waals surface area contributed by atoms with Gasteiger partial charge in [-0.2, -0.15) is 13.2 Å². The SMILES string of the molecule is CCCN(C)c1cc(C(F)(F)F)nc(SCc2ccc(C(=O)N3CCC[C@@H](C(=O)OCC)C3)o2)n1. The van der Waals surface area contributed by atoms with Gasteiger partial charge in [0.25, 0.3) is 5.91 Å². The van der Waals surface area contributed by atoms with Crippen molar-refractivity contribution in [3.63, 3.8) is 0 Å². The zero-order valence-electron chi connectivity index (χ0n) is 19.9. The van der Waals surface area contributed by atoms with Crippen molar-refractivity contribution in [2.75, 3.05) is 38.2 Å². The molecule has 1 saturated heterocycles. The van der Waals surface area contributed by atoms with Gasteiger partial charge in [-0.3, -0.25) is 9.59 Å². The molecule has 0 radical (unpaired) electrons. The Morgan fingerprint density at radius 1 is 1.29 bits per heavy atom. The zero-order chi connectivity index (χ0) is 25.6. The van der Waals surface area contributed by atoms with E-state index < -0.39 is 11.9 Å². The van der Waals surface area contributed by atoms with Crippen molar-refractivity contribution in [2.45, 2.75) is 50.2 Å². The lowest BCUT2D eigenvalue weighted by Gasteiger charge is -2.30. The second-order valence-corrected chi connectivity index (χ2v) is 9.15. The van der Waals surface area contributed by atoms with Crippen LogP contribution in [0.25, 0.3) is 0 Å². The third kappa shape index (κ3) is 7.12. The van der Waals surface area contributed by atoms with Gasteiger partial charge in [-0.15, -0.1) is 0 Å². The molecule has 0 spiro atoms. The molecule has 12 heteroatoms. The molecule has 0 bridgehead atoms. The lowest BCUT2D eigenvalue weighted by Crippen LogP contribution is -2.42. The maximum Gasteiger partial charge on any atom is 0.433 e. The van der Waals surface area contributed by atoms with Crippen LogP contribution < -0.4 is 4.90 Å². The number of rotatable bonds is 9. The van der Waals surface area contributed by atoms with Gasteiger partial charge in [0.05, 0.1) is 18.3 Å². The van der Waals surface area contributed by atoms with E-state index in [1.165, 1.54) is 6.07 Å². The van der Waals surface area contributed by atoms with Crippen molar-refractivity contribution in [3.8, 4) is 0 Å². The molecule has 0 N–H and O–H groups in total. The maximum atomic E-state index is 13.3. The first-order valence-electron chi connectivity index (χ1n) is 11.5. The summed E-state index contributed by atoms with van der Waals surface area (Å²) in [6, 6.07) is 4.07. The number of aromatic nitrogens is 2. The molecular weight excluding hydrogens is 485 g/mol. The van der Waals surface area contributed by atoms with E-state index in [2.05, 4.69) is 9.97 Å². The molecule has 1 fully saturated rings. The lowest BCUT2D eigenvalue weighted by atomic mass is 9.98. The molecular formula is C23H29F3N4O4S. The number of carbonyl (C=O) groups excluding carboxylic acids is 2. The van der Waals surface area contributed by atoms with Crippen LogP contribution in [-0.2, 0) is 21.5 Å². The van der Waals surface area contributed by atoms with E-state index in [0.29, 0.717) is 31.7 Å². The fourth-order valence-corrected chi connectivity index (χ4v) is 4.49. The van der Waals surface area contributed by atoms with E-state index in [0.717, 1.165) is 24.2 Å². The molecule has 1 amide bonds. The number of anilines is 1. The standard InChI is InChI=1S/C23H29F3N4O4S/c1-4-10-29(3)19-12-18(23(24,25)26)27-22(28-19)35-14-16-8-9-17(34-16)20(31)30-11-6-7-15(13-30)21(32)33-5-2/h8-9,12,15H,4-7,10-11,13-14H2,1-3H3/t15-/m1/s1. The van der Waals surface area contributed by atoms with Gasteiger partial charge in [0.1, 0.15) is 11.6 Å². The molecule has 0 aliphatic carbocycles. The highest BCUT2D eigenvalue weighted by molar-refractivity contribution is 7.98. The third-order valence-electron chi connectivity index (χ3n) is 5.48. The minimum Gasteiger partial charge on any atom is -0.466 e. The zero-order valence-corrected chi connectivity index (χ0v) is 20.7. The summed E-state index contributed by atoms with van der Waals surface area (Å²) in [5.41, 5.74) is -1.01. The Morgan fingerprint density at radius 2 is 2.06 bits per heavy atom. The van der Waals surface area contributed by atoms with Gasteiger partial charge >= 0.3 is 12.1 Å². The van der Waals surface area contributed by atoms with Gasteiger partial charge in [0.15, 0.2) is 16.6 Å². The molecule has 3 rings (SSSR count).